The lowest BCUT2D eigenvalue weighted by molar-refractivity contribution is 0.165. The van der Waals surface area contributed by atoms with Gasteiger partial charge in [-0.3, -0.25) is 4.90 Å². The van der Waals surface area contributed by atoms with Crippen molar-refractivity contribution in [1.29, 1.82) is 0 Å². The third-order valence-electron chi connectivity index (χ3n) is 4.06. The maximum absolute atomic E-state index is 6.10. The molecule has 1 heterocycles. The van der Waals surface area contributed by atoms with E-state index in [2.05, 4.69) is 11.0 Å². The van der Waals surface area contributed by atoms with Crippen molar-refractivity contribution in [2.45, 2.75) is 31.5 Å². The number of ether oxygens (including phenoxy) is 1. The molecule has 3 rings (SSSR count). The topological polar surface area (TPSA) is 51.6 Å². The van der Waals surface area contributed by atoms with Gasteiger partial charge in [-0.25, -0.2) is 0 Å². The van der Waals surface area contributed by atoms with E-state index in [0.717, 1.165) is 23.6 Å². The number of hydrogen-bond acceptors (Lipinski definition) is 4. The van der Waals surface area contributed by atoms with Crippen LogP contribution in [0.2, 0.25) is 0 Å². The first kappa shape index (κ1) is 14.2. The predicted octanol–water partition coefficient (Wildman–Crippen LogP) is 2.95. The fourth-order valence-corrected chi connectivity index (χ4v) is 2.87. The van der Waals surface area contributed by atoms with Crippen LogP contribution in [0.3, 0.4) is 0 Å². The minimum Gasteiger partial charge on any atom is -0.496 e. The van der Waals surface area contributed by atoms with E-state index in [4.69, 9.17) is 14.9 Å². The van der Waals surface area contributed by atoms with Gasteiger partial charge < -0.3 is 14.9 Å². The van der Waals surface area contributed by atoms with E-state index >= 15 is 0 Å². The van der Waals surface area contributed by atoms with Crippen LogP contribution in [0.1, 0.15) is 30.2 Å². The monoisotopic (exact) mass is 286 g/mol. The highest BCUT2D eigenvalue weighted by atomic mass is 16.5. The molecule has 21 heavy (non-hydrogen) atoms. The average molecular weight is 286 g/mol. The molecule has 1 aromatic heterocycles. The molecular weight excluding hydrogens is 264 g/mol. The first-order chi connectivity index (χ1) is 10.3. The Balaban J connectivity index is 1.88. The lowest BCUT2D eigenvalue weighted by Gasteiger charge is -2.31. The first-order valence-electron chi connectivity index (χ1n) is 7.44. The standard InChI is InChI=1S/C17H22N2O2/c1-20-17-7-3-2-6-15(17)16(11-18)19(13-8-9-13)12-14-5-4-10-21-14/h2-7,10,13,16H,8-9,11-12,18H2,1H3. The minimum absolute atomic E-state index is 0.152. The Labute approximate surface area is 125 Å². The molecule has 2 N–H and O–H groups in total. The van der Waals surface area contributed by atoms with Gasteiger partial charge in [0, 0.05) is 18.2 Å². The molecule has 0 radical (unpaired) electrons. The summed E-state index contributed by atoms with van der Waals surface area (Å²) in [5, 5.41) is 0. The lowest BCUT2D eigenvalue weighted by Crippen LogP contribution is -2.35. The van der Waals surface area contributed by atoms with Gasteiger partial charge in [0.1, 0.15) is 11.5 Å². The van der Waals surface area contributed by atoms with Crippen LogP contribution in [-0.2, 0) is 6.54 Å². The molecule has 0 aliphatic heterocycles. The summed E-state index contributed by atoms with van der Waals surface area (Å²) in [6, 6.07) is 12.8. The van der Waals surface area contributed by atoms with Gasteiger partial charge in [0.05, 0.1) is 26.0 Å². The van der Waals surface area contributed by atoms with Crippen LogP contribution in [0.15, 0.2) is 47.1 Å². The molecule has 1 aliphatic carbocycles. The number of rotatable bonds is 7. The zero-order valence-corrected chi connectivity index (χ0v) is 12.4. The first-order valence-corrected chi connectivity index (χ1v) is 7.44. The van der Waals surface area contributed by atoms with Crippen molar-refractivity contribution < 1.29 is 9.15 Å². The number of benzene rings is 1. The number of para-hydroxylation sites is 1. The molecule has 4 heteroatoms. The molecule has 0 amide bonds. The van der Waals surface area contributed by atoms with Gasteiger partial charge in [-0.2, -0.15) is 0 Å². The third kappa shape index (κ3) is 3.12. The molecule has 1 saturated carbocycles. The molecule has 0 spiro atoms. The van der Waals surface area contributed by atoms with E-state index < -0.39 is 0 Å². The summed E-state index contributed by atoms with van der Waals surface area (Å²) >= 11 is 0. The van der Waals surface area contributed by atoms with Crippen molar-refractivity contribution in [3.8, 4) is 5.75 Å². The summed E-state index contributed by atoms with van der Waals surface area (Å²) in [5.74, 6) is 1.88. The molecule has 1 aromatic carbocycles. The van der Waals surface area contributed by atoms with E-state index in [1.165, 1.54) is 12.8 Å². The smallest absolute Gasteiger partial charge is 0.123 e. The minimum atomic E-state index is 0.152. The number of methoxy groups -OCH3 is 1. The van der Waals surface area contributed by atoms with Gasteiger partial charge in [-0.15, -0.1) is 0 Å². The Morgan fingerprint density at radius 3 is 2.71 bits per heavy atom. The van der Waals surface area contributed by atoms with Crippen molar-refractivity contribution in [1.82, 2.24) is 4.90 Å². The van der Waals surface area contributed by atoms with Crippen LogP contribution in [0.25, 0.3) is 0 Å². The zero-order chi connectivity index (χ0) is 14.7. The van der Waals surface area contributed by atoms with Crippen LogP contribution in [0, 0.1) is 0 Å². The van der Waals surface area contributed by atoms with E-state index in [9.17, 15) is 0 Å². The van der Waals surface area contributed by atoms with Crippen LogP contribution in [0.4, 0.5) is 0 Å². The van der Waals surface area contributed by atoms with Gasteiger partial charge in [-0.1, -0.05) is 18.2 Å². The van der Waals surface area contributed by atoms with E-state index in [-0.39, 0.29) is 6.04 Å². The molecule has 0 bridgehead atoms. The van der Waals surface area contributed by atoms with Crippen molar-refractivity contribution >= 4 is 0 Å². The van der Waals surface area contributed by atoms with Gasteiger partial charge in [0.15, 0.2) is 0 Å². The van der Waals surface area contributed by atoms with E-state index in [0.29, 0.717) is 12.6 Å². The highest BCUT2D eigenvalue weighted by molar-refractivity contribution is 5.36. The van der Waals surface area contributed by atoms with E-state index in [1.807, 2.05) is 30.3 Å². The van der Waals surface area contributed by atoms with Crippen molar-refractivity contribution in [3.63, 3.8) is 0 Å². The SMILES string of the molecule is COc1ccccc1C(CN)N(Cc1ccco1)C1CC1. The number of nitrogens with two attached hydrogens (primary N) is 1. The molecule has 1 atom stereocenters. The largest absolute Gasteiger partial charge is 0.496 e. The summed E-state index contributed by atoms with van der Waals surface area (Å²) < 4.78 is 11.0. The van der Waals surface area contributed by atoms with Crippen molar-refractivity contribution in [2.75, 3.05) is 13.7 Å². The fourth-order valence-electron chi connectivity index (χ4n) is 2.87. The normalized spacial score (nSPS) is 16.1. The Bertz CT molecular complexity index is 564. The summed E-state index contributed by atoms with van der Waals surface area (Å²) in [5.41, 5.74) is 7.25. The average Bonchev–Trinajstić information content (AvgIpc) is 3.24. The van der Waals surface area contributed by atoms with Gasteiger partial charge in [0.25, 0.3) is 0 Å². The highest BCUT2D eigenvalue weighted by Gasteiger charge is 2.35. The Kier molecular flexibility index (Phi) is 4.27. The zero-order valence-electron chi connectivity index (χ0n) is 12.4. The second kappa shape index (κ2) is 6.33. The molecular formula is C17H22N2O2. The molecule has 2 aromatic rings. The molecule has 1 aliphatic rings. The quantitative estimate of drug-likeness (QED) is 0.850. The lowest BCUT2D eigenvalue weighted by atomic mass is 10.0. The molecule has 1 fully saturated rings. The van der Waals surface area contributed by atoms with E-state index in [1.54, 1.807) is 13.4 Å². The maximum atomic E-state index is 6.10. The van der Waals surface area contributed by atoms with Crippen LogP contribution >= 0.6 is 0 Å². The second-order valence-corrected chi connectivity index (χ2v) is 5.48. The Morgan fingerprint density at radius 1 is 1.29 bits per heavy atom. The van der Waals surface area contributed by atoms with Gasteiger partial charge in [-0.05, 0) is 31.0 Å². The second-order valence-electron chi connectivity index (χ2n) is 5.48. The predicted molar refractivity (Wildman–Crippen MR) is 82.1 cm³/mol. The summed E-state index contributed by atoms with van der Waals surface area (Å²) in [6.45, 7) is 1.36. The summed E-state index contributed by atoms with van der Waals surface area (Å²) in [4.78, 5) is 2.44. The third-order valence-corrected chi connectivity index (χ3v) is 4.06. The molecule has 0 saturated heterocycles. The number of hydrogen-bond donors (Lipinski definition) is 1. The van der Waals surface area contributed by atoms with Gasteiger partial charge >= 0.3 is 0 Å². The summed E-state index contributed by atoms with van der Waals surface area (Å²) in [6.07, 6.45) is 4.18. The van der Waals surface area contributed by atoms with Crippen molar-refractivity contribution in [3.05, 3.63) is 54.0 Å². The summed E-state index contributed by atoms with van der Waals surface area (Å²) in [7, 11) is 1.71. The number of furan rings is 1. The fraction of sp³-hybridized carbons (Fsp3) is 0.412. The van der Waals surface area contributed by atoms with Crippen LogP contribution in [0.5, 0.6) is 5.75 Å². The maximum Gasteiger partial charge on any atom is 0.123 e. The molecule has 112 valence electrons. The Morgan fingerprint density at radius 2 is 2.10 bits per heavy atom. The Hall–Kier alpha value is -1.78. The molecule has 1 unspecified atom stereocenters. The number of nitrogens with zero attached hydrogens (tertiary/aromatic N) is 1. The van der Waals surface area contributed by atoms with Crippen molar-refractivity contribution in [2.24, 2.45) is 5.73 Å². The van der Waals surface area contributed by atoms with Crippen LogP contribution in [-0.4, -0.2) is 24.6 Å². The molecule has 4 nitrogen and oxygen atoms in total. The van der Waals surface area contributed by atoms with Crippen LogP contribution < -0.4 is 10.5 Å². The highest BCUT2D eigenvalue weighted by Crippen LogP contribution is 2.38. The van der Waals surface area contributed by atoms with Gasteiger partial charge in [0.2, 0.25) is 0 Å².